The lowest BCUT2D eigenvalue weighted by molar-refractivity contribution is -0.138. The summed E-state index contributed by atoms with van der Waals surface area (Å²) in [5.41, 5.74) is 1.69. The molecule has 0 bridgehead atoms. The van der Waals surface area contributed by atoms with Crippen LogP contribution in [0.2, 0.25) is 0 Å². The molecule has 0 amide bonds. The van der Waals surface area contributed by atoms with Gasteiger partial charge in [0, 0.05) is 11.8 Å². The number of benzene rings is 1. The van der Waals surface area contributed by atoms with E-state index >= 15 is 0 Å². The van der Waals surface area contributed by atoms with Crippen LogP contribution in [0.5, 0.6) is 5.75 Å². The van der Waals surface area contributed by atoms with E-state index in [-0.39, 0.29) is 17.4 Å². The minimum atomic E-state index is -0.776. The van der Waals surface area contributed by atoms with Crippen molar-refractivity contribution in [1.82, 2.24) is 0 Å². The average Bonchev–Trinajstić information content (AvgIpc) is 2.47. The first kappa shape index (κ1) is 12.9. The molecular formula is C15H20O3. The first-order valence-corrected chi connectivity index (χ1v) is 6.24. The molecule has 0 spiro atoms. The second-order valence-corrected chi connectivity index (χ2v) is 6.32. The van der Waals surface area contributed by atoms with Crippen molar-refractivity contribution in [3.8, 4) is 5.75 Å². The van der Waals surface area contributed by atoms with Crippen LogP contribution in [0.25, 0.3) is 0 Å². The zero-order chi connectivity index (χ0) is 13.6. The average molecular weight is 248 g/mol. The number of carboxylic acids is 1. The van der Waals surface area contributed by atoms with Gasteiger partial charge in [0.25, 0.3) is 0 Å². The Morgan fingerprint density at radius 1 is 1.44 bits per heavy atom. The SMILES string of the molecule is CC1(C)Cc2ccc(C(C)(C)CC(=O)O)cc2O1. The Bertz CT molecular complexity index is 487. The summed E-state index contributed by atoms with van der Waals surface area (Å²) >= 11 is 0. The molecule has 0 saturated carbocycles. The van der Waals surface area contributed by atoms with Gasteiger partial charge in [0.05, 0.1) is 6.42 Å². The number of hydrogen-bond donors (Lipinski definition) is 1. The fourth-order valence-corrected chi connectivity index (χ4v) is 2.49. The van der Waals surface area contributed by atoms with Gasteiger partial charge in [-0.2, -0.15) is 0 Å². The van der Waals surface area contributed by atoms with Gasteiger partial charge in [-0.25, -0.2) is 0 Å². The van der Waals surface area contributed by atoms with Crippen LogP contribution in [0.3, 0.4) is 0 Å². The Kier molecular flexibility index (Phi) is 2.88. The van der Waals surface area contributed by atoms with Crippen molar-refractivity contribution in [2.24, 2.45) is 0 Å². The highest BCUT2D eigenvalue weighted by Gasteiger charge is 2.32. The predicted molar refractivity (Wildman–Crippen MR) is 70.1 cm³/mol. The lowest BCUT2D eigenvalue weighted by Crippen LogP contribution is -2.24. The molecule has 1 aromatic carbocycles. The fourth-order valence-electron chi connectivity index (χ4n) is 2.49. The number of aliphatic carboxylic acids is 1. The Hall–Kier alpha value is -1.51. The zero-order valence-electron chi connectivity index (χ0n) is 11.4. The summed E-state index contributed by atoms with van der Waals surface area (Å²) in [5.74, 6) is 0.123. The molecule has 0 aromatic heterocycles. The molecule has 0 radical (unpaired) electrons. The maximum atomic E-state index is 10.9. The Labute approximate surface area is 108 Å². The molecule has 0 saturated heterocycles. The van der Waals surface area contributed by atoms with Gasteiger partial charge >= 0.3 is 5.97 Å². The number of carboxylic acid groups (broad SMARTS) is 1. The van der Waals surface area contributed by atoms with Crippen molar-refractivity contribution in [3.63, 3.8) is 0 Å². The van der Waals surface area contributed by atoms with Crippen LogP contribution in [0.4, 0.5) is 0 Å². The number of ether oxygens (including phenoxy) is 1. The highest BCUT2D eigenvalue weighted by atomic mass is 16.5. The summed E-state index contributed by atoms with van der Waals surface area (Å²) in [4.78, 5) is 10.9. The second-order valence-electron chi connectivity index (χ2n) is 6.32. The van der Waals surface area contributed by atoms with E-state index < -0.39 is 5.97 Å². The Morgan fingerprint density at radius 2 is 2.11 bits per heavy atom. The highest BCUT2D eigenvalue weighted by molar-refractivity contribution is 5.69. The van der Waals surface area contributed by atoms with E-state index in [0.29, 0.717) is 0 Å². The van der Waals surface area contributed by atoms with E-state index in [1.807, 2.05) is 26.0 Å². The third-order valence-corrected chi connectivity index (χ3v) is 3.44. The second kappa shape index (κ2) is 4.01. The van der Waals surface area contributed by atoms with Crippen LogP contribution in [-0.2, 0) is 16.6 Å². The summed E-state index contributed by atoms with van der Waals surface area (Å²) < 4.78 is 5.89. The van der Waals surface area contributed by atoms with Gasteiger partial charge in [-0.1, -0.05) is 26.0 Å². The molecule has 3 nitrogen and oxygen atoms in total. The maximum absolute atomic E-state index is 10.9. The molecule has 0 unspecified atom stereocenters. The topological polar surface area (TPSA) is 46.5 Å². The van der Waals surface area contributed by atoms with E-state index in [1.165, 1.54) is 5.56 Å². The fraction of sp³-hybridized carbons (Fsp3) is 0.533. The summed E-state index contributed by atoms with van der Waals surface area (Å²) in [5, 5.41) is 8.96. The number of rotatable bonds is 3. The van der Waals surface area contributed by atoms with Crippen LogP contribution < -0.4 is 4.74 Å². The normalized spacial score (nSPS) is 17.1. The van der Waals surface area contributed by atoms with Gasteiger partial charge in [0.15, 0.2) is 0 Å². The van der Waals surface area contributed by atoms with E-state index in [2.05, 4.69) is 19.9 Å². The third-order valence-electron chi connectivity index (χ3n) is 3.44. The summed E-state index contributed by atoms with van der Waals surface area (Å²) in [6.07, 6.45) is 1.02. The first-order valence-electron chi connectivity index (χ1n) is 6.24. The van der Waals surface area contributed by atoms with Gasteiger partial charge in [-0.05, 0) is 31.0 Å². The van der Waals surface area contributed by atoms with E-state index in [1.54, 1.807) is 0 Å². The zero-order valence-corrected chi connectivity index (χ0v) is 11.4. The van der Waals surface area contributed by atoms with Crippen LogP contribution >= 0.6 is 0 Å². The third kappa shape index (κ3) is 2.50. The molecule has 98 valence electrons. The molecule has 1 heterocycles. The van der Waals surface area contributed by atoms with Crippen molar-refractivity contribution in [3.05, 3.63) is 29.3 Å². The quantitative estimate of drug-likeness (QED) is 0.893. The van der Waals surface area contributed by atoms with Crippen molar-refractivity contribution in [2.75, 3.05) is 0 Å². The van der Waals surface area contributed by atoms with Crippen LogP contribution in [0, 0.1) is 0 Å². The molecule has 18 heavy (non-hydrogen) atoms. The molecular weight excluding hydrogens is 228 g/mol. The number of fused-ring (bicyclic) bond motifs is 1. The minimum Gasteiger partial charge on any atom is -0.487 e. The molecule has 3 heteroatoms. The van der Waals surface area contributed by atoms with E-state index in [0.717, 1.165) is 17.7 Å². The number of hydrogen-bond acceptors (Lipinski definition) is 2. The predicted octanol–water partition coefficient (Wildman–Crippen LogP) is 3.15. The highest BCUT2D eigenvalue weighted by Crippen LogP contribution is 2.38. The smallest absolute Gasteiger partial charge is 0.304 e. The van der Waals surface area contributed by atoms with E-state index in [4.69, 9.17) is 9.84 Å². The lowest BCUT2D eigenvalue weighted by atomic mass is 9.81. The van der Waals surface area contributed by atoms with Gasteiger partial charge in [0.2, 0.25) is 0 Å². The molecule has 0 fully saturated rings. The molecule has 1 N–H and O–H groups in total. The first-order chi connectivity index (χ1) is 8.20. The van der Waals surface area contributed by atoms with E-state index in [9.17, 15) is 4.79 Å². The summed E-state index contributed by atoms with van der Waals surface area (Å²) in [6, 6.07) is 6.07. The largest absolute Gasteiger partial charge is 0.487 e. The molecule has 0 atom stereocenters. The van der Waals surface area contributed by atoms with Gasteiger partial charge in [-0.15, -0.1) is 0 Å². The molecule has 2 rings (SSSR count). The maximum Gasteiger partial charge on any atom is 0.304 e. The van der Waals surface area contributed by atoms with Crippen molar-refractivity contribution in [2.45, 2.75) is 51.6 Å². The Balaban J connectivity index is 2.31. The monoisotopic (exact) mass is 248 g/mol. The van der Waals surface area contributed by atoms with Gasteiger partial charge in [0.1, 0.15) is 11.4 Å². The molecule has 0 aliphatic carbocycles. The van der Waals surface area contributed by atoms with Crippen molar-refractivity contribution >= 4 is 5.97 Å². The van der Waals surface area contributed by atoms with Gasteiger partial charge in [-0.3, -0.25) is 4.79 Å². The van der Waals surface area contributed by atoms with Crippen LogP contribution in [0.1, 0.15) is 45.2 Å². The van der Waals surface area contributed by atoms with Crippen LogP contribution in [-0.4, -0.2) is 16.7 Å². The standard InChI is InChI=1S/C15H20O3/c1-14(2,9-13(16)17)11-6-5-10-8-15(3,4)18-12(10)7-11/h5-7H,8-9H2,1-4H3,(H,16,17). The Morgan fingerprint density at radius 3 is 2.72 bits per heavy atom. The minimum absolute atomic E-state index is 0.120. The summed E-state index contributed by atoms with van der Waals surface area (Å²) in [7, 11) is 0. The van der Waals surface area contributed by atoms with Crippen molar-refractivity contribution in [1.29, 1.82) is 0 Å². The molecule has 1 aliphatic rings. The van der Waals surface area contributed by atoms with Gasteiger partial charge < -0.3 is 9.84 Å². The summed E-state index contributed by atoms with van der Waals surface area (Å²) in [6.45, 7) is 8.02. The lowest BCUT2D eigenvalue weighted by Gasteiger charge is -2.24. The number of carbonyl (C=O) groups is 1. The van der Waals surface area contributed by atoms with Crippen molar-refractivity contribution < 1.29 is 14.6 Å². The molecule has 1 aliphatic heterocycles. The van der Waals surface area contributed by atoms with Crippen LogP contribution in [0.15, 0.2) is 18.2 Å². The molecule has 1 aromatic rings.